The normalized spacial score (nSPS) is 12.0. The molecule has 0 aliphatic rings. The number of halogens is 3. The lowest BCUT2D eigenvalue weighted by Gasteiger charge is -2.26. The van der Waals surface area contributed by atoms with E-state index >= 15 is 0 Å². The van der Waals surface area contributed by atoms with Gasteiger partial charge in [0.05, 0.1) is 5.56 Å². The molecule has 0 atom stereocenters. The van der Waals surface area contributed by atoms with Crippen molar-refractivity contribution in [3.05, 3.63) is 59.7 Å². The molecule has 0 heterocycles. The van der Waals surface area contributed by atoms with Crippen LogP contribution < -0.4 is 5.32 Å². The van der Waals surface area contributed by atoms with Crippen molar-refractivity contribution in [1.29, 1.82) is 0 Å². The van der Waals surface area contributed by atoms with E-state index in [2.05, 4.69) is 5.32 Å². The molecule has 164 valence electrons. The molecule has 0 radical (unpaired) electrons. The summed E-state index contributed by atoms with van der Waals surface area (Å²) in [6.45, 7) is 9.77. The van der Waals surface area contributed by atoms with Gasteiger partial charge in [-0.3, -0.25) is 0 Å². The zero-order chi connectivity index (χ0) is 22.4. The molecule has 0 spiro atoms. The van der Waals surface area contributed by atoms with Crippen LogP contribution in [0.25, 0.3) is 11.1 Å². The number of nitrogens with zero attached hydrogens (tertiary/aromatic N) is 1. The van der Waals surface area contributed by atoms with Crippen LogP contribution in [0, 0.1) is 0 Å². The fraction of sp³-hybridized carbons (Fsp3) is 0.435. The molecule has 0 aliphatic carbocycles. The Hall–Kier alpha value is -2.54. The first-order valence-electron chi connectivity index (χ1n) is 9.95. The molecule has 1 amide bonds. The first-order chi connectivity index (χ1) is 14.0. The topological polar surface area (TPSA) is 41.6 Å². The Morgan fingerprint density at radius 3 is 1.97 bits per heavy atom. The summed E-state index contributed by atoms with van der Waals surface area (Å²) in [5.41, 5.74) is 1.46. The van der Waals surface area contributed by atoms with Crippen molar-refractivity contribution in [1.82, 2.24) is 10.2 Å². The van der Waals surface area contributed by atoms with Crippen molar-refractivity contribution in [2.75, 3.05) is 19.6 Å². The summed E-state index contributed by atoms with van der Waals surface area (Å²) in [4.78, 5) is 13.8. The smallest absolute Gasteiger partial charge is 0.416 e. The number of carbonyl (C=O) groups excluding carboxylic acids is 1. The minimum Gasteiger partial charge on any atom is -0.444 e. The average Bonchev–Trinajstić information content (AvgIpc) is 2.66. The third-order valence-electron chi connectivity index (χ3n) is 4.42. The van der Waals surface area contributed by atoms with E-state index in [9.17, 15) is 18.0 Å². The van der Waals surface area contributed by atoms with Crippen LogP contribution in [0.2, 0.25) is 0 Å². The van der Waals surface area contributed by atoms with E-state index in [4.69, 9.17) is 4.74 Å². The number of ether oxygens (including phenoxy) is 1. The van der Waals surface area contributed by atoms with Gasteiger partial charge < -0.3 is 15.0 Å². The molecule has 30 heavy (non-hydrogen) atoms. The van der Waals surface area contributed by atoms with Gasteiger partial charge in [0.2, 0.25) is 0 Å². The molecule has 0 saturated carbocycles. The minimum atomic E-state index is -4.33. The summed E-state index contributed by atoms with van der Waals surface area (Å²) >= 11 is 0. The van der Waals surface area contributed by atoms with Gasteiger partial charge in [-0.2, -0.15) is 13.2 Å². The summed E-state index contributed by atoms with van der Waals surface area (Å²) in [6, 6.07) is 12.8. The predicted octanol–water partition coefficient (Wildman–Crippen LogP) is 5.72. The van der Waals surface area contributed by atoms with E-state index in [1.165, 1.54) is 12.1 Å². The molecule has 0 saturated heterocycles. The van der Waals surface area contributed by atoms with Crippen molar-refractivity contribution in [2.45, 2.75) is 46.0 Å². The molecule has 0 bridgehead atoms. The van der Waals surface area contributed by atoms with Crippen LogP contribution in [0.5, 0.6) is 0 Å². The number of amides is 1. The van der Waals surface area contributed by atoms with Gasteiger partial charge in [-0.25, -0.2) is 4.79 Å². The van der Waals surface area contributed by atoms with Crippen LogP contribution in [0.4, 0.5) is 18.0 Å². The molecule has 4 nitrogen and oxygen atoms in total. The molecule has 2 aromatic carbocycles. The molecule has 0 unspecified atom stereocenters. The highest BCUT2D eigenvalue weighted by molar-refractivity contribution is 5.68. The Labute approximate surface area is 176 Å². The van der Waals surface area contributed by atoms with Gasteiger partial charge in [0, 0.05) is 26.2 Å². The SMILES string of the molecule is CCN(CCNCc1ccc(-c2ccc(C(F)(F)F)cc2)cc1)C(=O)OC(C)(C)C. The van der Waals surface area contributed by atoms with E-state index in [-0.39, 0.29) is 6.09 Å². The first kappa shape index (κ1) is 23.7. The molecule has 7 heteroatoms. The van der Waals surface area contributed by atoms with Crippen LogP contribution in [-0.2, 0) is 17.5 Å². The maximum absolute atomic E-state index is 12.7. The first-order valence-corrected chi connectivity index (χ1v) is 9.95. The van der Waals surface area contributed by atoms with Gasteiger partial charge in [-0.1, -0.05) is 36.4 Å². The van der Waals surface area contributed by atoms with E-state index in [0.29, 0.717) is 26.2 Å². The second-order valence-corrected chi connectivity index (χ2v) is 8.01. The largest absolute Gasteiger partial charge is 0.444 e. The Bertz CT molecular complexity index is 810. The number of hydrogen-bond acceptors (Lipinski definition) is 3. The lowest BCUT2D eigenvalue weighted by Crippen LogP contribution is -2.40. The summed E-state index contributed by atoms with van der Waals surface area (Å²) < 4.78 is 43.4. The molecular formula is C23H29F3N2O2. The van der Waals surface area contributed by atoms with Crippen molar-refractivity contribution in [2.24, 2.45) is 0 Å². The monoisotopic (exact) mass is 422 g/mol. The van der Waals surface area contributed by atoms with Gasteiger partial charge in [-0.05, 0) is 56.5 Å². The number of hydrogen-bond donors (Lipinski definition) is 1. The van der Waals surface area contributed by atoms with Crippen LogP contribution in [0.15, 0.2) is 48.5 Å². The highest BCUT2D eigenvalue weighted by Crippen LogP contribution is 2.31. The third-order valence-corrected chi connectivity index (χ3v) is 4.42. The second kappa shape index (κ2) is 9.98. The number of alkyl halides is 3. The van der Waals surface area contributed by atoms with Crippen LogP contribution in [0.1, 0.15) is 38.8 Å². The standard InChI is InChI=1S/C23H29F3N2O2/c1-5-28(21(29)30-22(2,3)4)15-14-27-16-17-6-8-18(9-7-17)19-10-12-20(13-11-19)23(24,25)26/h6-13,27H,5,14-16H2,1-4H3. The van der Waals surface area contributed by atoms with Gasteiger partial charge in [0.1, 0.15) is 5.60 Å². The fourth-order valence-electron chi connectivity index (χ4n) is 2.82. The lowest BCUT2D eigenvalue weighted by molar-refractivity contribution is -0.137. The molecule has 1 N–H and O–H groups in total. The van der Waals surface area contributed by atoms with Crippen LogP contribution >= 0.6 is 0 Å². The van der Waals surface area contributed by atoms with E-state index < -0.39 is 17.3 Å². The molecule has 0 aliphatic heterocycles. The zero-order valence-electron chi connectivity index (χ0n) is 17.8. The molecule has 0 aromatic heterocycles. The van der Waals surface area contributed by atoms with Crippen LogP contribution in [-0.4, -0.2) is 36.2 Å². The molecule has 0 fully saturated rings. The van der Waals surface area contributed by atoms with Crippen molar-refractivity contribution in [3.8, 4) is 11.1 Å². The zero-order valence-corrected chi connectivity index (χ0v) is 17.8. The Morgan fingerprint density at radius 2 is 1.50 bits per heavy atom. The van der Waals surface area contributed by atoms with Crippen molar-refractivity contribution in [3.63, 3.8) is 0 Å². The molecular weight excluding hydrogens is 393 g/mol. The number of carbonyl (C=O) groups is 1. The Balaban J connectivity index is 1.84. The number of benzene rings is 2. The van der Waals surface area contributed by atoms with E-state index in [1.807, 2.05) is 52.0 Å². The average molecular weight is 422 g/mol. The molecule has 2 rings (SSSR count). The van der Waals surface area contributed by atoms with Gasteiger partial charge >= 0.3 is 12.3 Å². The number of nitrogens with one attached hydrogen (secondary N) is 1. The lowest BCUT2D eigenvalue weighted by atomic mass is 10.0. The van der Waals surface area contributed by atoms with Gasteiger partial charge in [-0.15, -0.1) is 0 Å². The molecule has 2 aromatic rings. The van der Waals surface area contributed by atoms with Crippen molar-refractivity contribution < 1.29 is 22.7 Å². The third kappa shape index (κ3) is 7.37. The minimum absolute atomic E-state index is 0.326. The maximum atomic E-state index is 12.7. The van der Waals surface area contributed by atoms with Crippen molar-refractivity contribution >= 4 is 6.09 Å². The Kier molecular flexibility index (Phi) is 7.89. The van der Waals surface area contributed by atoms with Crippen LogP contribution in [0.3, 0.4) is 0 Å². The predicted molar refractivity (Wildman–Crippen MR) is 112 cm³/mol. The summed E-state index contributed by atoms with van der Waals surface area (Å²) in [5, 5.41) is 3.29. The number of rotatable bonds is 7. The summed E-state index contributed by atoms with van der Waals surface area (Å²) in [7, 11) is 0. The summed E-state index contributed by atoms with van der Waals surface area (Å²) in [6.07, 6.45) is -4.65. The maximum Gasteiger partial charge on any atom is 0.416 e. The highest BCUT2D eigenvalue weighted by Gasteiger charge is 2.29. The quantitative estimate of drug-likeness (QED) is 0.581. The van der Waals surface area contributed by atoms with Gasteiger partial charge in [0.15, 0.2) is 0 Å². The summed E-state index contributed by atoms with van der Waals surface area (Å²) in [5.74, 6) is 0. The highest BCUT2D eigenvalue weighted by atomic mass is 19.4. The Morgan fingerprint density at radius 1 is 0.967 bits per heavy atom. The van der Waals surface area contributed by atoms with Gasteiger partial charge in [0.25, 0.3) is 0 Å². The second-order valence-electron chi connectivity index (χ2n) is 8.01. The number of likely N-dealkylation sites (N-methyl/N-ethyl adjacent to an activating group) is 1. The van der Waals surface area contributed by atoms with E-state index in [0.717, 1.165) is 28.8 Å². The fourth-order valence-corrected chi connectivity index (χ4v) is 2.82. The van der Waals surface area contributed by atoms with E-state index in [1.54, 1.807) is 4.90 Å².